The summed E-state index contributed by atoms with van der Waals surface area (Å²) in [5.74, 6) is 0.782. The second kappa shape index (κ2) is 6.25. The molecule has 114 valence electrons. The van der Waals surface area contributed by atoms with Crippen molar-refractivity contribution in [3.63, 3.8) is 0 Å². The minimum Gasteiger partial charge on any atom is -0.497 e. The predicted molar refractivity (Wildman–Crippen MR) is 91.6 cm³/mol. The van der Waals surface area contributed by atoms with Crippen LogP contribution in [0.2, 0.25) is 0 Å². The van der Waals surface area contributed by atoms with Gasteiger partial charge in [0.25, 0.3) is 0 Å². The van der Waals surface area contributed by atoms with E-state index in [9.17, 15) is 0 Å². The Kier molecular flexibility index (Phi) is 3.99. The van der Waals surface area contributed by atoms with Gasteiger partial charge in [0.05, 0.1) is 12.6 Å². The van der Waals surface area contributed by atoms with Gasteiger partial charge >= 0.3 is 0 Å². The van der Waals surface area contributed by atoms with Gasteiger partial charge in [0.15, 0.2) is 0 Å². The van der Waals surface area contributed by atoms with E-state index in [0.717, 1.165) is 33.7 Å². The maximum Gasteiger partial charge on any atom is 0.119 e. The minimum atomic E-state index is 0.579. The number of nitrogens with zero attached hydrogens (tertiary/aromatic N) is 4. The van der Waals surface area contributed by atoms with Crippen molar-refractivity contribution in [2.75, 3.05) is 12.4 Å². The first kappa shape index (κ1) is 14.7. The Hall–Kier alpha value is -3.24. The highest BCUT2D eigenvalue weighted by molar-refractivity contribution is 5.94. The summed E-state index contributed by atoms with van der Waals surface area (Å²) in [4.78, 5) is 7.31. The highest BCUT2D eigenvalue weighted by Gasteiger charge is 2.06. The molecule has 1 N–H and O–H groups in total. The van der Waals surface area contributed by atoms with Crippen LogP contribution in [0.15, 0.2) is 53.6 Å². The topological polar surface area (TPSA) is 82.9 Å². The molecule has 0 spiro atoms. The SMILES string of the molecule is COc1ccc2nc(C)cc(Nc3ccc(N=[N+]=[N-])cc3)c2c1. The molecule has 0 unspecified atom stereocenters. The molecule has 0 aliphatic rings. The van der Waals surface area contributed by atoms with E-state index in [-0.39, 0.29) is 0 Å². The molecule has 23 heavy (non-hydrogen) atoms. The zero-order valence-corrected chi connectivity index (χ0v) is 12.8. The van der Waals surface area contributed by atoms with E-state index < -0.39 is 0 Å². The number of azide groups is 1. The van der Waals surface area contributed by atoms with E-state index in [4.69, 9.17) is 10.3 Å². The van der Waals surface area contributed by atoms with Crippen LogP contribution < -0.4 is 10.1 Å². The molecule has 0 saturated heterocycles. The number of anilines is 2. The summed E-state index contributed by atoms with van der Waals surface area (Å²) in [6.07, 6.45) is 0. The fourth-order valence-corrected chi connectivity index (χ4v) is 2.39. The molecule has 3 aromatic rings. The molecule has 1 aromatic heterocycles. The third-order valence-electron chi connectivity index (χ3n) is 3.45. The number of rotatable bonds is 4. The Balaban J connectivity index is 2.02. The number of hydrogen-bond acceptors (Lipinski definition) is 4. The Morgan fingerprint density at radius 1 is 1.13 bits per heavy atom. The van der Waals surface area contributed by atoms with Crippen molar-refractivity contribution in [1.82, 2.24) is 4.98 Å². The van der Waals surface area contributed by atoms with Gasteiger partial charge in [0, 0.05) is 33.1 Å². The molecule has 6 nitrogen and oxygen atoms in total. The monoisotopic (exact) mass is 305 g/mol. The number of methoxy groups -OCH3 is 1. The van der Waals surface area contributed by atoms with Crippen LogP contribution in [0.3, 0.4) is 0 Å². The van der Waals surface area contributed by atoms with Crippen LogP contribution in [0.4, 0.5) is 17.1 Å². The second-order valence-corrected chi connectivity index (χ2v) is 5.06. The van der Waals surface area contributed by atoms with E-state index in [1.54, 1.807) is 19.2 Å². The first-order valence-electron chi connectivity index (χ1n) is 7.07. The Morgan fingerprint density at radius 3 is 2.61 bits per heavy atom. The number of fused-ring (bicyclic) bond motifs is 1. The van der Waals surface area contributed by atoms with Gasteiger partial charge in [-0.2, -0.15) is 0 Å². The van der Waals surface area contributed by atoms with Crippen LogP contribution in [-0.4, -0.2) is 12.1 Å². The fourth-order valence-electron chi connectivity index (χ4n) is 2.39. The van der Waals surface area contributed by atoms with Crippen LogP contribution in [0.5, 0.6) is 5.75 Å². The zero-order valence-electron chi connectivity index (χ0n) is 12.8. The smallest absolute Gasteiger partial charge is 0.119 e. The Labute approximate surface area is 133 Å². The van der Waals surface area contributed by atoms with E-state index in [0.29, 0.717) is 5.69 Å². The molecule has 0 radical (unpaired) electrons. The molecule has 6 heteroatoms. The lowest BCUT2D eigenvalue weighted by Gasteiger charge is -2.12. The first-order chi connectivity index (χ1) is 11.2. The second-order valence-electron chi connectivity index (χ2n) is 5.06. The maximum atomic E-state index is 8.45. The molecule has 0 amide bonds. The van der Waals surface area contributed by atoms with Gasteiger partial charge < -0.3 is 10.1 Å². The van der Waals surface area contributed by atoms with Crippen LogP contribution in [0, 0.1) is 6.92 Å². The standard InChI is InChI=1S/C17H15N5O/c1-11-9-17(15-10-14(23-2)7-8-16(15)19-11)20-12-3-5-13(6-4-12)21-22-18/h3-10H,1-2H3,(H,19,20). The molecule has 3 rings (SSSR count). The van der Waals surface area contributed by atoms with Crippen molar-refractivity contribution in [2.45, 2.75) is 6.92 Å². The lowest BCUT2D eigenvalue weighted by Crippen LogP contribution is -1.95. The molecule has 0 atom stereocenters. The Bertz CT molecular complexity index is 899. The van der Waals surface area contributed by atoms with E-state index >= 15 is 0 Å². The summed E-state index contributed by atoms with van der Waals surface area (Å²) >= 11 is 0. The zero-order chi connectivity index (χ0) is 16.2. The molecule has 0 bridgehead atoms. The lowest BCUT2D eigenvalue weighted by molar-refractivity contribution is 0.415. The van der Waals surface area contributed by atoms with Crippen molar-refractivity contribution in [2.24, 2.45) is 5.11 Å². The van der Waals surface area contributed by atoms with Crippen LogP contribution in [-0.2, 0) is 0 Å². The molecular formula is C17H15N5O. The summed E-state index contributed by atoms with van der Waals surface area (Å²) in [6, 6.07) is 15.0. The van der Waals surface area contributed by atoms with Crippen molar-refractivity contribution in [3.05, 3.63) is 64.7 Å². The maximum absolute atomic E-state index is 8.45. The molecule has 2 aromatic carbocycles. The highest BCUT2D eigenvalue weighted by atomic mass is 16.5. The van der Waals surface area contributed by atoms with Gasteiger partial charge in [-0.15, -0.1) is 0 Å². The van der Waals surface area contributed by atoms with Crippen LogP contribution >= 0.6 is 0 Å². The van der Waals surface area contributed by atoms with Gasteiger partial charge in [0.1, 0.15) is 5.75 Å². The van der Waals surface area contributed by atoms with Crippen LogP contribution in [0.25, 0.3) is 21.3 Å². The third kappa shape index (κ3) is 3.17. The fraction of sp³-hybridized carbons (Fsp3) is 0.118. The number of aryl methyl sites for hydroxylation is 1. The quantitative estimate of drug-likeness (QED) is 0.406. The lowest BCUT2D eigenvalue weighted by atomic mass is 10.1. The third-order valence-corrected chi connectivity index (χ3v) is 3.45. The Morgan fingerprint density at radius 2 is 1.91 bits per heavy atom. The number of benzene rings is 2. The summed E-state index contributed by atoms with van der Waals surface area (Å²) in [5.41, 5.74) is 12.7. The molecule has 0 fully saturated rings. The van der Waals surface area contributed by atoms with E-state index in [1.165, 1.54) is 0 Å². The van der Waals surface area contributed by atoms with Gasteiger partial charge in [0.2, 0.25) is 0 Å². The predicted octanol–water partition coefficient (Wildman–Crippen LogP) is 5.24. The molecule has 0 aliphatic heterocycles. The van der Waals surface area contributed by atoms with E-state index in [1.807, 2.05) is 43.3 Å². The van der Waals surface area contributed by atoms with Gasteiger partial charge in [-0.05, 0) is 48.9 Å². The number of ether oxygens (including phenoxy) is 1. The molecular weight excluding hydrogens is 290 g/mol. The highest BCUT2D eigenvalue weighted by Crippen LogP contribution is 2.30. The molecule has 1 heterocycles. The minimum absolute atomic E-state index is 0.579. The summed E-state index contributed by atoms with van der Waals surface area (Å²) in [5, 5.41) is 7.93. The molecule has 0 aliphatic carbocycles. The normalized spacial score (nSPS) is 10.2. The number of pyridine rings is 1. The first-order valence-corrected chi connectivity index (χ1v) is 7.07. The average molecular weight is 305 g/mol. The summed E-state index contributed by atoms with van der Waals surface area (Å²) < 4.78 is 5.30. The number of aromatic nitrogens is 1. The average Bonchev–Trinajstić information content (AvgIpc) is 2.56. The summed E-state index contributed by atoms with van der Waals surface area (Å²) in [6.45, 7) is 1.96. The van der Waals surface area contributed by atoms with Gasteiger partial charge in [-0.25, -0.2) is 0 Å². The molecule has 0 saturated carbocycles. The van der Waals surface area contributed by atoms with Gasteiger partial charge in [-0.1, -0.05) is 17.2 Å². The van der Waals surface area contributed by atoms with Crippen molar-refractivity contribution < 1.29 is 4.74 Å². The van der Waals surface area contributed by atoms with Crippen molar-refractivity contribution >= 4 is 28.0 Å². The number of nitrogens with one attached hydrogen (secondary N) is 1. The van der Waals surface area contributed by atoms with E-state index in [2.05, 4.69) is 20.3 Å². The largest absolute Gasteiger partial charge is 0.497 e. The summed E-state index contributed by atoms with van der Waals surface area (Å²) in [7, 11) is 1.64. The number of hydrogen-bond donors (Lipinski definition) is 1. The van der Waals surface area contributed by atoms with Crippen molar-refractivity contribution in [1.29, 1.82) is 0 Å². The van der Waals surface area contributed by atoms with Crippen molar-refractivity contribution in [3.8, 4) is 5.75 Å². The van der Waals surface area contributed by atoms with Crippen LogP contribution in [0.1, 0.15) is 5.69 Å². The van der Waals surface area contributed by atoms with Gasteiger partial charge in [-0.3, -0.25) is 4.98 Å².